The Bertz CT molecular complexity index is 1130. The molecule has 7 nitrogen and oxygen atoms in total. The molecule has 0 radical (unpaired) electrons. The minimum Gasteiger partial charge on any atom is -0.342 e. The highest BCUT2D eigenvalue weighted by Gasteiger charge is 2.15. The van der Waals surface area contributed by atoms with Crippen LogP contribution in [0, 0.1) is 6.92 Å². The Hall–Kier alpha value is -2.97. The first-order valence-corrected chi connectivity index (χ1v) is 9.53. The van der Waals surface area contributed by atoms with Crippen LogP contribution in [-0.4, -0.2) is 28.1 Å². The molecule has 0 saturated carbocycles. The van der Waals surface area contributed by atoms with E-state index in [1.54, 1.807) is 16.8 Å². The van der Waals surface area contributed by atoms with Gasteiger partial charge in [-0.1, -0.05) is 12.1 Å². The Morgan fingerprint density at radius 2 is 1.93 bits per heavy atom. The molecule has 0 aliphatic heterocycles. The van der Waals surface area contributed by atoms with Crippen molar-refractivity contribution in [1.29, 1.82) is 0 Å². The third kappa shape index (κ3) is 3.49. The molecule has 1 unspecified atom stereocenters. The van der Waals surface area contributed by atoms with Crippen molar-refractivity contribution in [2.45, 2.75) is 13.5 Å². The van der Waals surface area contributed by atoms with Gasteiger partial charge in [-0.2, -0.15) is 5.10 Å². The molecule has 0 aliphatic carbocycles. The molecule has 0 spiro atoms. The van der Waals surface area contributed by atoms with E-state index in [0.29, 0.717) is 12.2 Å². The van der Waals surface area contributed by atoms with E-state index in [9.17, 15) is 4.21 Å². The molecule has 4 rings (SSSR count). The fourth-order valence-electron chi connectivity index (χ4n) is 3.25. The fourth-order valence-corrected chi connectivity index (χ4v) is 3.58. The Morgan fingerprint density at radius 3 is 2.59 bits per heavy atom. The third-order valence-electron chi connectivity index (χ3n) is 4.47. The zero-order valence-electron chi connectivity index (χ0n) is 15.0. The normalized spacial score (nSPS) is 12.4. The Labute approximate surface area is 159 Å². The number of anilines is 1. The van der Waals surface area contributed by atoms with E-state index >= 15 is 0 Å². The van der Waals surface area contributed by atoms with E-state index in [4.69, 9.17) is 4.55 Å². The van der Waals surface area contributed by atoms with Crippen LogP contribution in [-0.2, 0) is 24.9 Å². The van der Waals surface area contributed by atoms with Gasteiger partial charge in [-0.15, -0.1) is 0 Å². The highest BCUT2D eigenvalue weighted by atomic mass is 32.2. The third-order valence-corrected chi connectivity index (χ3v) is 4.88. The molecule has 4 aromatic rings. The maximum Gasteiger partial charge on any atom is 0.259 e. The van der Waals surface area contributed by atoms with Crippen LogP contribution in [0.1, 0.15) is 11.3 Å². The van der Waals surface area contributed by atoms with Gasteiger partial charge in [0.15, 0.2) is 0 Å². The lowest BCUT2D eigenvalue weighted by molar-refractivity contribution is 0.570. The Balaban J connectivity index is 1.74. The van der Waals surface area contributed by atoms with Gasteiger partial charge >= 0.3 is 0 Å². The molecule has 8 heteroatoms. The summed E-state index contributed by atoms with van der Waals surface area (Å²) >= 11 is -2.07. The number of hydrogen-bond donors (Lipinski definition) is 2. The van der Waals surface area contributed by atoms with Crippen LogP contribution in [0.4, 0.5) is 5.69 Å². The zero-order chi connectivity index (χ0) is 19.0. The largest absolute Gasteiger partial charge is 0.342 e. The summed E-state index contributed by atoms with van der Waals surface area (Å²) in [5, 5.41) is 5.63. The van der Waals surface area contributed by atoms with Crippen LogP contribution in [0.2, 0.25) is 0 Å². The predicted molar refractivity (Wildman–Crippen MR) is 107 cm³/mol. The van der Waals surface area contributed by atoms with Gasteiger partial charge in [-0.3, -0.25) is 18.9 Å². The summed E-state index contributed by atoms with van der Waals surface area (Å²) < 4.78 is 26.2. The Morgan fingerprint density at radius 1 is 1.15 bits per heavy atom. The number of fused-ring (bicyclic) bond motifs is 1. The molecule has 0 aliphatic rings. The highest BCUT2D eigenvalue weighted by Crippen LogP contribution is 2.30. The number of nitrogens with one attached hydrogen (secondary N) is 1. The van der Waals surface area contributed by atoms with Gasteiger partial charge < -0.3 is 4.57 Å². The lowest BCUT2D eigenvalue weighted by Gasteiger charge is -2.11. The SMILES string of the molecule is Cc1ncc2ccn(Cc3ccc(NS(=O)O)cc3)c2c1-c1ccn(C)n1. The number of hydrogen-bond acceptors (Lipinski definition) is 3. The molecule has 3 aromatic heterocycles. The van der Waals surface area contributed by atoms with Crippen molar-refractivity contribution in [1.82, 2.24) is 19.3 Å². The summed E-state index contributed by atoms with van der Waals surface area (Å²) in [6.07, 6.45) is 5.86. The van der Waals surface area contributed by atoms with Crippen LogP contribution in [0.15, 0.2) is 55.0 Å². The summed E-state index contributed by atoms with van der Waals surface area (Å²) in [6.45, 7) is 2.67. The molecule has 1 aromatic carbocycles. The van der Waals surface area contributed by atoms with E-state index in [2.05, 4.69) is 25.4 Å². The molecule has 1 atom stereocenters. The smallest absolute Gasteiger partial charge is 0.259 e. The number of nitrogens with zero attached hydrogens (tertiary/aromatic N) is 4. The molecule has 3 heterocycles. The van der Waals surface area contributed by atoms with Gasteiger partial charge in [-0.25, -0.2) is 4.21 Å². The van der Waals surface area contributed by atoms with Crippen LogP contribution in [0.5, 0.6) is 0 Å². The minimum absolute atomic E-state index is 0.603. The van der Waals surface area contributed by atoms with Crippen LogP contribution in [0.25, 0.3) is 22.2 Å². The topological polar surface area (TPSA) is 85.0 Å². The first kappa shape index (κ1) is 17.4. The second-order valence-electron chi connectivity index (χ2n) is 6.39. The number of rotatable bonds is 5. The summed E-state index contributed by atoms with van der Waals surface area (Å²) in [6, 6.07) is 11.5. The maximum atomic E-state index is 10.8. The lowest BCUT2D eigenvalue weighted by Crippen LogP contribution is -2.03. The molecule has 0 amide bonds. The van der Waals surface area contributed by atoms with E-state index in [1.807, 2.05) is 50.8 Å². The van der Waals surface area contributed by atoms with Gasteiger partial charge in [0.05, 0.1) is 11.2 Å². The molecule has 2 N–H and O–H groups in total. The van der Waals surface area contributed by atoms with Gasteiger partial charge in [0, 0.05) is 54.5 Å². The minimum atomic E-state index is -2.07. The number of aryl methyl sites for hydroxylation is 2. The quantitative estimate of drug-likeness (QED) is 0.519. The maximum absolute atomic E-state index is 10.8. The fraction of sp³-hybridized carbons (Fsp3) is 0.158. The van der Waals surface area contributed by atoms with Crippen LogP contribution < -0.4 is 4.72 Å². The van der Waals surface area contributed by atoms with Gasteiger partial charge in [0.25, 0.3) is 11.3 Å². The van der Waals surface area contributed by atoms with E-state index in [-0.39, 0.29) is 0 Å². The van der Waals surface area contributed by atoms with E-state index in [1.165, 1.54) is 0 Å². The van der Waals surface area contributed by atoms with Gasteiger partial charge in [0.1, 0.15) is 0 Å². The van der Waals surface area contributed by atoms with Crippen molar-refractivity contribution in [3.8, 4) is 11.3 Å². The average Bonchev–Trinajstić information content (AvgIpc) is 3.23. The summed E-state index contributed by atoms with van der Waals surface area (Å²) in [7, 11) is 1.90. The molecule has 0 saturated heterocycles. The molecule has 0 bridgehead atoms. The first-order valence-electron chi connectivity index (χ1n) is 8.42. The average molecular weight is 381 g/mol. The van der Waals surface area contributed by atoms with Crippen LogP contribution in [0.3, 0.4) is 0 Å². The Kier molecular flexibility index (Phi) is 4.51. The molecule has 138 valence electrons. The molecular weight excluding hydrogens is 362 g/mol. The second-order valence-corrected chi connectivity index (χ2v) is 7.09. The summed E-state index contributed by atoms with van der Waals surface area (Å²) in [5.74, 6) is 0. The summed E-state index contributed by atoms with van der Waals surface area (Å²) in [4.78, 5) is 4.53. The van der Waals surface area contributed by atoms with Crippen molar-refractivity contribution < 1.29 is 8.76 Å². The van der Waals surface area contributed by atoms with Crippen molar-refractivity contribution in [3.63, 3.8) is 0 Å². The zero-order valence-corrected chi connectivity index (χ0v) is 15.8. The standard InChI is InChI=1S/C19H19N5O2S/c1-13-18(17-8-9-23(2)21-17)19-15(11-20-13)7-10-24(19)12-14-3-5-16(6-4-14)22-27(25)26/h3-11,22H,12H2,1-2H3,(H,25,26). The molecule has 0 fully saturated rings. The van der Waals surface area contributed by atoms with Gasteiger partial charge in [0.2, 0.25) is 0 Å². The second kappa shape index (κ2) is 6.98. The summed E-state index contributed by atoms with van der Waals surface area (Å²) in [5.41, 5.74) is 5.66. The molecule has 27 heavy (non-hydrogen) atoms. The number of aromatic nitrogens is 4. The van der Waals surface area contributed by atoms with E-state index in [0.717, 1.165) is 33.4 Å². The van der Waals surface area contributed by atoms with Crippen molar-refractivity contribution in [2.24, 2.45) is 7.05 Å². The van der Waals surface area contributed by atoms with Crippen molar-refractivity contribution >= 4 is 27.9 Å². The van der Waals surface area contributed by atoms with E-state index < -0.39 is 11.3 Å². The highest BCUT2D eigenvalue weighted by molar-refractivity contribution is 7.80. The molecular formula is C19H19N5O2S. The number of pyridine rings is 1. The lowest BCUT2D eigenvalue weighted by atomic mass is 10.1. The van der Waals surface area contributed by atoms with Crippen molar-refractivity contribution in [3.05, 3.63) is 66.2 Å². The first-order chi connectivity index (χ1) is 13.0. The number of benzene rings is 1. The predicted octanol–water partition coefficient (Wildman–Crippen LogP) is 3.34. The van der Waals surface area contributed by atoms with Gasteiger partial charge in [-0.05, 0) is 36.8 Å². The van der Waals surface area contributed by atoms with Crippen molar-refractivity contribution in [2.75, 3.05) is 4.72 Å². The van der Waals surface area contributed by atoms with Crippen LogP contribution >= 0.6 is 0 Å². The monoisotopic (exact) mass is 381 g/mol.